The van der Waals surface area contributed by atoms with E-state index in [9.17, 15) is 0 Å². The van der Waals surface area contributed by atoms with Crippen molar-refractivity contribution in [3.8, 4) is 5.75 Å². The van der Waals surface area contributed by atoms with Crippen molar-refractivity contribution in [1.82, 2.24) is 0 Å². The van der Waals surface area contributed by atoms with Crippen LogP contribution < -0.4 is 10.5 Å². The van der Waals surface area contributed by atoms with Gasteiger partial charge in [0.25, 0.3) is 0 Å². The SMILES string of the molecule is COc1ccc(C)cc1C(N)Cc1cccc(Cl)c1Cl. The van der Waals surface area contributed by atoms with Gasteiger partial charge in [-0.2, -0.15) is 0 Å². The van der Waals surface area contributed by atoms with Crippen molar-refractivity contribution in [2.24, 2.45) is 5.73 Å². The Morgan fingerprint density at radius 2 is 1.95 bits per heavy atom. The van der Waals surface area contributed by atoms with E-state index in [-0.39, 0.29) is 6.04 Å². The molecule has 1 atom stereocenters. The number of benzene rings is 2. The Kier molecular flexibility index (Phi) is 4.92. The highest BCUT2D eigenvalue weighted by Crippen LogP contribution is 2.31. The molecule has 0 aliphatic rings. The summed E-state index contributed by atoms with van der Waals surface area (Å²) in [5.74, 6) is 0.793. The van der Waals surface area contributed by atoms with Crippen LogP contribution in [0.2, 0.25) is 10.0 Å². The summed E-state index contributed by atoms with van der Waals surface area (Å²) >= 11 is 12.2. The Morgan fingerprint density at radius 1 is 1.20 bits per heavy atom. The molecule has 106 valence electrons. The van der Waals surface area contributed by atoms with Gasteiger partial charge in [-0.15, -0.1) is 0 Å². The van der Waals surface area contributed by atoms with Crippen LogP contribution in [0.3, 0.4) is 0 Å². The molecular formula is C16H17Cl2NO. The lowest BCUT2D eigenvalue weighted by Crippen LogP contribution is -2.15. The summed E-state index contributed by atoms with van der Waals surface area (Å²) in [4.78, 5) is 0. The first-order chi connectivity index (χ1) is 9.52. The molecule has 2 aromatic rings. The number of rotatable bonds is 4. The van der Waals surface area contributed by atoms with Crippen LogP contribution in [0.4, 0.5) is 0 Å². The highest BCUT2D eigenvalue weighted by molar-refractivity contribution is 6.42. The molecule has 2 rings (SSSR count). The van der Waals surface area contributed by atoms with Crippen molar-refractivity contribution >= 4 is 23.2 Å². The molecular weight excluding hydrogens is 293 g/mol. The van der Waals surface area contributed by atoms with Gasteiger partial charge >= 0.3 is 0 Å². The number of hydrogen-bond acceptors (Lipinski definition) is 2. The molecule has 0 aromatic heterocycles. The van der Waals surface area contributed by atoms with Crippen LogP contribution in [0.15, 0.2) is 36.4 Å². The third kappa shape index (κ3) is 3.26. The number of halogens is 2. The van der Waals surface area contributed by atoms with Gasteiger partial charge in [0.15, 0.2) is 0 Å². The molecule has 0 spiro atoms. The smallest absolute Gasteiger partial charge is 0.123 e. The fourth-order valence-electron chi connectivity index (χ4n) is 2.20. The van der Waals surface area contributed by atoms with Gasteiger partial charge in [-0.1, -0.05) is 53.0 Å². The van der Waals surface area contributed by atoms with Crippen LogP contribution in [-0.4, -0.2) is 7.11 Å². The van der Waals surface area contributed by atoms with E-state index in [4.69, 9.17) is 33.7 Å². The molecule has 0 aliphatic heterocycles. The van der Waals surface area contributed by atoms with E-state index in [1.165, 1.54) is 0 Å². The first-order valence-electron chi connectivity index (χ1n) is 6.36. The van der Waals surface area contributed by atoms with Gasteiger partial charge in [0.2, 0.25) is 0 Å². The predicted octanol–water partition coefficient (Wildman–Crippen LogP) is 4.55. The average molecular weight is 310 g/mol. The number of aryl methyl sites for hydroxylation is 1. The van der Waals surface area contributed by atoms with Gasteiger partial charge in [0.05, 0.1) is 17.2 Å². The molecule has 20 heavy (non-hydrogen) atoms. The minimum Gasteiger partial charge on any atom is -0.496 e. The third-order valence-electron chi connectivity index (χ3n) is 3.26. The fraction of sp³-hybridized carbons (Fsp3) is 0.250. The maximum Gasteiger partial charge on any atom is 0.123 e. The van der Waals surface area contributed by atoms with Gasteiger partial charge in [0.1, 0.15) is 5.75 Å². The lowest BCUT2D eigenvalue weighted by molar-refractivity contribution is 0.405. The first kappa shape index (κ1) is 15.2. The van der Waals surface area contributed by atoms with Gasteiger partial charge in [-0.05, 0) is 31.0 Å². The van der Waals surface area contributed by atoms with E-state index in [1.54, 1.807) is 13.2 Å². The molecule has 0 bridgehead atoms. The first-order valence-corrected chi connectivity index (χ1v) is 7.11. The number of hydrogen-bond donors (Lipinski definition) is 1. The highest BCUT2D eigenvalue weighted by atomic mass is 35.5. The molecule has 0 saturated heterocycles. The van der Waals surface area contributed by atoms with Gasteiger partial charge in [-0.3, -0.25) is 0 Å². The fourth-order valence-corrected chi connectivity index (χ4v) is 2.59. The second-order valence-corrected chi connectivity index (χ2v) is 5.55. The van der Waals surface area contributed by atoms with E-state index in [0.29, 0.717) is 16.5 Å². The van der Waals surface area contributed by atoms with Crippen molar-refractivity contribution in [3.05, 3.63) is 63.1 Å². The largest absolute Gasteiger partial charge is 0.496 e. The molecule has 0 saturated carbocycles. The minimum absolute atomic E-state index is 0.194. The molecule has 4 heteroatoms. The molecule has 2 aromatic carbocycles. The van der Waals surface area contributed by atoms with Crippen molar-refractivity contribution < 1.29 is 4.74 Å². The zero-order chi connectivity index (χ0) is 14.7. The molecule has 2 N–H and O–H groups in total. The Hall–Kier alpha value is -1.22. The highest BCUT2D eigenvalue weighted by Gasteiger charge is 2.15. The van der Waals surface area contributed by atoms with Crippen molar-refractivity contribution in [2.75, 3.05) is 7.11 Å². The van der Waals surface area contributed by atoms with Gasteiger partial charge in [0, 0.05) is 11.6 Å². The summed E-state index contributed by atoms with van der Waals surface area (Å²) in [6, 6.07) is 11.4. The summed E-state index contributed by atoms with van der Waals surface area (Å²) < 4.78 is 5.37. The Morgan fingerprint density at radius 3 is 2.65 bits per heavy atom. The second-order valence-electron chi connectivity index (χ2n) is 4.77. The zero-order valence-corrected chi connectivity index (χ0v) is 13.0. The topological polar surface area (TPSA) is 35.2 Å². The summed E-state index contributed by atoms with van der Waals surface area (Å²) in [5, 5.41) is 1.11. The van der Waals surface area contributed by atoms with E-state index >= 15 is 0 Å². The number of nitrogens with two attached hydrogens (primary N) is 1. The van der Waals surface area contributed by atoms with Crippen molar-refractivity contribution in [2.45, 2.75) is 19.4 Å². The molecule has 0 radical (unpaired) electrons. The quantitative estimate of drug-likeness (QED) is 0.899. The molecule has 0 amide bonds. The second kappa shape index (κ2) is 6.49. The molecule has 1 unspecified atom stereocenters. The van der Waals surface area contributed by atoms with E-state index < -0.39 is 0 Å². The van der Waals surface area contributed by atoms with Crippen molar-refractivity contribution in [1.29, 1.82) is 0 Å². The van der Waals surface area contributed by atoms with Gasteiger partial charge < -0.3 is 10.5 Å². The van der Waals surface area contributed by atoms with E-state index in [0.717, 1.165) is 22.4 Å². The van der Waals surface area contributed by atoms with Crippen LogP contribution >= 0.6 is 23.2 Å². The van der Waals surface area contributed by atoms with E-state index in [2.05, 4.69) is 0 Å². The molecule has 0 heterocycles. The van der Waals surface area contributed by atoms with Gasteiger partial charge in [-0.25, -0.2) is 0 Å². The van der Waals surface area contributed by atoms with Crippen LogP contribution in [0.5, 0.6) is 5.75 Å². The number of methoxy groups -OCH3 is 1. The summed E-state index contributed by atoms with van der Waals surface area (Å²) in [7, 11) is 1.65. The van der Waals surface area contributed by atoms with Crippen LogP contribution in [0.1, 0.15) is 22.7 Å². The standard InChI is InChI=1S/C16H17Cl2NO/c1-10-6-7-15(20-2)12(8-10)14(19)9-11-4-3-5-13(17)16(11)18/h3-8,14H,9,19H2,1-2H3. The lowest BCUT2D eigenvalue weighted by atomic mass is 9.97. The Balaban J connectivity index is 2.30. The monoisotopic (exact) mass is 309 g/mol. The van der Waals surface area contributed by atoms with Crippen LogP contribution in [0.25, 0.3) is 0 Å². The Bertz CT molecular complexity index is 613. The lowest BCUT2D eigenvalue weighted by Gasteiger charge is -2.17. The summed E-state index contributed by atoms with van der Waals surface area (Å²) in [6.45, 7) is 2.03. The maximum atomic E-state index is 6.31. The summed E-state index contributed by atoms with van der Waals surface area (Å²) in [5.41, 5.74) is 9.37. The minimum atomic E-state index is -0.194. The third-order valence-corrected chi connectivity index (χ3v) is 4.11. The average Bonchev–Trinajstić information content (AvgIpc) is 2.43. The Labute approximate surface area is 129 Å². The summed E-state index contributed by atoms with van der Waals surface area (Å²) in [6.07, 6.45) is 0.610. The molecule has 0 fully saturated rings. The number of ether oxygens (including phenoxy) is 1. The molecule has 0 aliphatic carbocycles. The van der Waals surface area contributed by atoms with Crippen LogP contribution in [0, 0.1) is 6.92 Å². The van der Waals surface area contributed by atoms with E-state index in [1.807, 2.05) is 37.3 Å². The maximum absolute atomic E-state index is 6.31. The normalized spacial score (nSPS) is 12.2. The van der Waals surface area contributed by atoms with Crippen molar-refractivity contribution in [3.63, 3.8) is 0 Å². The molecule has 2 nitrogen and oxygen atoms in total. The zero-order valence-electron chi connectivity index (χ0n) is 11.5. The predicted molar refractivity (Wildman–Crippen MR) is 84.8 cm³/mol. The van der Waals surface area contributed by atoms with Crippen LogP contribution in [-0.2, 0) is 6.42 Å².